The van der Waals surface area contributed by atoms with Crippen LogP contribution in [0.5, 0.6) is 0 Å². The highest BCUT2D eigenvalue weighted by Gasteiger charge is 2.09. The molecule has 6 heteroatoms. The number of benzene rings is 2. The minimum absolute atomic E-state index is 0.0451. The fraction of sp³-hybridized carbons (Fsp3) is 0.133. The van der Waals surface area contributed by atoms with E-state index in [-0.39, 0.29) is 5.69 Å². The molecular weight excluding hydrogens is 334 g/mol. The second-order valence-corrected chi connectivity index (χ2v) is 5.49. The standard InChI is InChI=1S/C15H12BrN3O2/c1-10-2-3-11(8-17)6-15(10)18-9-12-4-13(16)7-14(5-12)19(20)21/h2-7,18H,9H2,1H3. The summed E-state index contributed by atoms with van der Waals surface area (Å²) in [6.45, 7) is 2.38. The Labute approximate surface area is 130 Å². The zero-order valence-electron chi connectivity index (χ0n) is 11.3. The smallest absolute Gasteiger partial charge is 0.270 e. The Balaban J connectivity index is 2.20. The van der Waals surface area contributed by atoms with Crippen molar-refractivity contribution in [2.75, 3.05) is 5.32 Å². The first kappa shape index (κ1) is 15.0. The molecule has 2 aromatic rings. The average Bonchev–Trinajstić information content (AvgIpc) is 2.46. The number of nitrogens with zero attached hydrogens (tertiary/aromatic N) is 2. The van der Waals surface area contributed by atoms with Crippen molar-refractivity contribution in [3.8, 4) is 6.07 Å². The number of nitrogens with one attached hydrogen (secondary N) is 1. The maximum atomic E-state index is 10.8. The number of aryl methyl sites for hydroxylation is 1. The van der Waals surface area contributed by atoms with Gasteiger partial charge in [0.1, 0.15) is 0 Å². The van der Waals surface area contributed by atoms with E-state index in [1.165, 1.54) is 12.1 Å². The zero-order valence-corrected chi connectivity index (χ0v) is 12.8. The molecule has 0 aromatic heterocycles. The first-order valence-electron chi connectivity index (χ1n) is 6.18. The molecular formula is C15H12BrN3O2. The van der Waals surface area contributed by atoms with Gasteiger partial charge in [0, 0.05) is 28.8 Å². The SMILES string of the molecule is Cc1ccc(C#N)cc1NCc1cc(Br)cc([N+](=O)[O-])c1. The quantitative estimate of drug-likeness (QED) is 0.666. The lowest BCUT2D eigenvalue weighted by Crippen LogP contribution is -2.02. The summed E-state index contributed by atoms with van der Waals surface area (Å²) in [5.41, 5.74) is 3.26. The highest BCUT2D eigenvalue weighted by molar-refractivity contribution is 9.10. The lowest BCUT2D eigenvalue weighted by Gasteiger charge is -2.10. The van der Waals surface area contributed by atoms with Crippen molar-refractivity contribution in [1.82, 2.24) is 0 Å². The summed E-state index contributed by atoms with van der Waals surface area (Å²) in [5.74, 6) is 0. The van der Waals surface area contributed by atoms with Crippen LogP contribution in [-0.2, 0) is 6.54 Å². The van der Waals surface area contributed by atoms with Crippen molar-refractivity contribution in [3.05, 3.63) is 67.7 Å². The molecule has 5 nitrogen and oxygen atoms in total. The second-order valence-electron chi connectivity index (χ2n) is 4.57. The van der Waals surface area contributed by atoms with Gasteiger partial charge in [0.2, 0.25) is 0 Å². The number of nitro benzene ring substituents is 1. The van der Waals surface area contributed by atoms with E-state index >= 15 is 0 Å². The van der Waals surface area contributed by atoms with Gasteiger partial charge in [-0.3, -0.25) is 10.1 Å². The molecule has 0 aliphatic heterocycles. The van der Waals surface area contributed by atoms with E-state index in [4.69, 9.17) is 5.26 Å². The largest absolute Gasteiger partial charge is 0.381 e. The Morgan fingerprint density at radius 3 is 2.76 bits per heavy atom. The Hall–Kier alpha value is -2.39. The number of hydrogen-bond acceptors (Lipinski definition) is 4. The maximum absolute atomic E-state index is 10.8. The van der Waals surface area contributed by atoms with Crippen LogP contribution in [0.4, 0.5) is 11.4 Å². The van der Waals surface area contributed by atoms with Crippen LogP contribution in [0, 0.1) is 28.4 Å². The lowest BCUT2D eigenvalue weighted by atomic mass is 10.1. The fourth-order valence-corrected chi connectivity index (χ4v) is 2.45. The summed E-state index contributed by atoms with van der Waals surface area (Å²) in [4.78, 5) is 10.4. The average molecular weight is 346 g/mol. The van der Waals surface area contributed by atoms with Crippen LogP contribution in [0.2, 0.25) is 0 Å². The second kappa shape index (κ2) is 6.37. The van der Waals surface area contributed by atoms with Crippen molar-refractivity contribution in [3.63, 3.8) is 0 Å². The summed E-state index contributed by atoms with van der Waals surface area (Å²) >= 11 is 3.27. The van der Waals surface area contributed by atoms with Gasteiger partial charge in [-0.15, -0.1) is 0 Å². The molecule has 21 heavy (non-hydrogen) atoms. The highest BCUT2D eigenvalue weighted by atomic mass is 79.9. The van der Waals surface area contributed by atoms with E-state index in [0.29, 0.717) is 16.6 Å². The van der Waals surface area contributed by atoms with Crippen LogP contribution in [0.15, 0.2) is 40.9 Å². The van der Waals surface area contributed by atoms with Crippen molar-refractivity contribution in [1.29, 1.82) is 5.26 Å². The molecule has 2 rings (SSSR count). The van der Waals surface area contributed by atoms with E-state index in [9.17, 15) is 10.1 Å². The first-order valence-corrected chi connectivity index (χ1v) is 6.97. The third-order valence-corrected chi connectivity index (χ3v) is 3.46. The summed E-state index contributed by atoms with van der Waals surface area (Å²) in [7, 11) is 0. The molecule has 0 fully saturated rings. The molecule has 0 unspecified atom stereocenters. The van der Waals surface area contributed by atoms with Crippen LogP contribution < -0.4 is 5.32 Å². The fourth-order valence-electron chi connectivity index (χ4n) is 1.92. The molecule has 0 heterocycles. The van der Waals surface area contributed by atoms with Gasteiger partial charge < -0.3 is 5.32 Å². The first-order chi connectivity index (χ1) is 9.99. The van der Waals surface area contributed by atoms with E-state index < -0.39 is 4.92 Å². The summed E-state index contributed by atoms with van der Waals surface area (Å²) in [5, 5.41) is 23.0. The van der Waals surface area contributed by atoms with E-state index in [2.05, 4.69) is 27.3 Å². The normalized spacial score (nSPS) is 9.95. The third kappa shape index (κ3) is 3.80. The number of rotatable bonds is 4. The molecule has 0 aliphatic carbocycles. The molecule has 0 saturated carbocycles. The van der Waals surface area contributed by atoms with Crippen LogP contribution in [0.1, 0.15) is 16.7 Å². The summed E-state index contributed by atoms with van der Waals surface area (Å²) in [6, 6.07) is 12.3. The van der Waals surface area contributed by atoms with Crippen molar-refractivity contribution < 1.29 is 4.92 Å². The van der Waals surface area contributed by atoms with Gasteiger partial charge in [0.15, 0.2) is 0 Å². The monoisotopic (exact) mass is 345 g/mol. The highest BCUT2D eigenvalue weighted by Crippen LogP contribution is 2.23. The van der Waals surface area contributed by atoms with Crippen LogP contribution in [0.3, 0.4) is 0 Å². The molecule has 0 radical (unpaired) electrons. The Morgan fingerprint density at radius 2 is 2.10 bits per heavy atom. The van der Waals surface area contributed by atoms with Gasteiger partial charge in [-0.2, -0.15) is 5.26 Å². The van der Waals surface area contributed by atoms with Crippen molar-refractivity contribution in [2.24, 2.45) is 0 Å². The molecule has 0 bridgehead atoms. The van der Waals surface area contributed by atoms with Crippen molar-refractivity contribution >= 4 is 27.3 Å². The minimum Gasteiger partial charge on any atom is -0.381 e. The van der Waals surface area contributed by atoms with Crippen LogP contribution in [-0.4, -0.2) is 4.92 Å². The van der Waals surface area contributed by atoms with Gasteiger partial charge in [-0.05, 0) is 36.2 Å². The number of nitro groups is 1. The molecule has 0 aliphatic rings. The van der Waals surface area contributed by atoms with Gasteiger partial charge >= 0.3 is 0 Å². The molecule has 0 amide bonds. The number of nitriles is 1. The predicted octanol–water partition coefficient (Wildman–Crippen LogP) is 4.15. The molecule has 106 valence electrons. The van der Waals surface area contributed by atoms with Crippen molar-refractivity contribution in [2.45, 2.75) is 13.5 Å². The zero-order chi connectivity index (χ0) is 15.4. The lowest BCUT2D eigenvalue weighted by molar-refractivity contribution is -0.385. The van der Waals surface area contributed by atoms with Gasteiger partial charge in [0.25, 0.3) is 5.69 Å². The Kier molecular flexibility index (Phi) is 4.55. The summed E-state index contributed by atoms with van der Waals surface area (Å²) < 4.78 is 0.663. The van der Waals surface area contributed by atoms with Crippen LogP contribution >= 0.6 is 15.9 Å². The topological polar surface area (TPSA) is 79.0 Å². The molecule has 0 atom stereocenters. The molecule has 2 aromatic carbocycles. The number of non-ortho nitro benzene ring substituents is 1. The molecule has 0 saturated heterocycles. The van der Waals surface area contributed by atoms with Gasteiger partial charge in [-0.1, -0.05) is 22.0 Å². The summed E-state index contributed by atoms with van der Waals surface area (Å²) in [6.07, 6.45) is 0. The van der Waals surface area contributed by atoms with Crippen LogP contribution in [0.25, 0.3) is 0 Å². The molecule has 0 spiro atoms. The number of halogens is 1. The Morgan fingerprint density at radius 1 is 1.33 bits per heavy atom. The number of anilines is 1. The Bertz CT molecular complexity index is 738. The van der Waals surface area contributed by atoms with E-state index in [1.54, 1.807) is 12.1 Å². The molecule has 1 N–H and O–H groups in total. The van der Waals surface area contributed by atoms with Gasteiger partial charge in [0.05, 0.1) is 16.6 Å². The van der Waals surface area contributed by atoms with E-state index in [0.717, 1.165) is 16.8 Å². The maximum Gasteiger partial charge on any atom is 0.270 e. The third-order valence-electron chi connectivity index (χ3n) is 3.00. The minimum atomic E-state index is -0.421. The predicted molar refractivity (Wildman–Crippen MR) is 84.0 cm³/mol. The van der Waals surface area contributed by atoms with Gasteiger partial charge in [-0.25, -0.2) is 0 Å². The van der Waals surface area contributed by atoms with E-state index in [1.807, 2.05) is 19.1 Å². The number of hydrogen-bond donors (Lipinski definition) is 1.